The Morgan fingerprint density at radius 2 is 1.77 bits per heavy atom. The van der Waals surface area contributed by atoms with Crippen molar-refractivity contribution in [1.29, 1.82) is 0 Å². The Kier molecular flexibility index (Phi) is 9.24. The number of rotatable bonds is 7. The van der Waals surface area contributed by atoms with E-state index in [9.17, 15) is 4.79 Å². The van der Waals surface area contributed by atoms with Crippen LogP contribution in [0.3, 0.4) is 0 Å². The van der Waals surface area contributed by atoms with Gasteiger partial charge in [0, 0.05) is 28.8 Å². The lowest BCUT2D eigenvalue weighted by atomic mass is 10.1. The maximum Gasteiger partial charge on any atom is 0.303 e. The summed E-state index contributed by atoms with van der Waals surface area (Å²) in [6, 6.07) is 0. The Hall–Kier alpha value is -0.490. The molecule has 0 rings (SSSR count). The Labute approximate surface area is 87.8 Å². The van der Waals surface area contributed by atoms with Gasteiger partial charge in [0.05, 0.1) is 0 Å². The molecular formula is C10H15BrO2. The van der Waals surface area contributed by atoms with E-state index in [2.05, 4.69) is 26.7 Å². The highest BCUT2D eigenvalue weighted by molar-refractivity contribution is 9.12. The number of carboxylic acids is 1. The number of hydrogen-bond acceptors (Lipinski definition) is 1. The van der Waals surface area contributed by atoms with Gasteiger partial charge in [0.25, 0.3) is 0 Å². The fourth-order valence-corrected chi connectivity index (χ4v) is 1.27. The molecular weight excluding hydrogens is 232 g/mol. The van der Waals surface area contributed by atoms with Crippen molar-refractivity contribution >= 4 is 21.9 Å². The van der Waals surface area contributed by atoms with E-state index in [-0.39, 0.29) is 0 Å². The van der Waals surface area contributed by atoms with Crippen molar-refractivity contribution in [3.05, 3.63) is 0 Å². The molecule has 2 nitrogen and oxygen atoms in total. The summed E-state index contributed by atoms with van der Waals surface area (Å²) in [6.07, 6.45) is 6.46. The van der Waals surface area contributed by atoms with Crippen molar-refractivity contribution in [3.63, 3.8) is 0 Å². The molecule has 0 spiro atoms. The molecule has 0 fully saturated rings. The molecule has 3 heteroatoms. The van der Waals surface area contributed by atoms with Crippen LogP contribution < -0.4 is 0 Å². The topological polar surface area (TPSA) is 37.3 Å². The maximum atomic E-state index is 10.1. The van der Waals surface area contributed by atoms with Crippen LogP contribution in [-0.2, 0) is 4.79 Å². The lowest BCUT2D eigenvalue weighted by molar-refractivity contribution is -0.137. The number of hydrogen-bond donors (Lipinski definition) is 1. The van der Waals surface area contributed by atoms with Crippen molar-refractivity contribution in [2.45, 2.75) is 44.9 Å². The fourth-order valence-electron chi connectivity index (χ4n) is 1.07. The normalized spacial score (nSPS) is 9.00. The molecule has 0 aromatic heterocycles. The Morgan fingerprint density at radius 1 is 1.15 bits per heavy atom. The van der Waals surface area contributed by atoms with Crippen LogP contribution in [-0.4, -0.2) is 11.1 Å². The minimum atomic E-state index is -0.690. The first kappa shape index (κ1) is 12.5. The van der Waals surface area contributed by atoms with Crippen molar-refractivity contribution in [1.82, 2.24) is 0 Å². The molecule has 0 atom stereocenters. The zero-order valence-corrected chi connectivity index (χ0v) is 9.27. The van der Waals surface area contributed by atoms with E-state index in [1.165, 1.54) is 0 Å². The van der Waals surface area contributed by atoms with Crippen LogP contribution in [0.2, 0.25) is 0 Å². The predicted octanol–water partition coefficient (Wildman–Crippen LogP) is 3.16. The fraction of sp³-hybridized carbons (Fsp3) is 0.700. The van der Waals surface area contributed by atoms with E-state index < -0.39 is 5.97 Å². The highest BCUT2D eigenvalue weighted by Gasteiger charge is 1.95. The highest BCUT2D eigenvalue weighted by Crippen LogP contribution is 2.06. The second kappa shape index (κ2) is 9.60. The molecule has 0 aliphatic rings. The van der Waals surface area contributed by atoms with Crippen LogP contribution in [0.5, 0.6) is 0 Å². The van der Waals surface area contributed by atoms with Crippen LogP contribution in [0, 0.1) is 10.8 Å². The molecule has 74 valence electrons. The summed E-state index contributed by atoms with van der Waals surface area (Å²) in [5.74, 6) is 2.24. The van der Waals surface area contributed by atoms with Gasteiger partial charge in [0.15, 0.2) is 0 Å². The molecule has 0 unspecified atom stereocenters. The number of carboxylic acid groups (broad SMARTS) is 1. The van der Waals surface area contributed by atoms with E-state index in [4.69, 9.17) is 5.11 Å². The number of halogens is 1. The average Bonchev–Trinajstić information content (AvgIpc) is 2.09. The summed E-state index contributed by atoms with van der Waals surface area (Å²) in [7, 11) is 0. The molecule has 0 aliphatic heterocycles. The molecule has 0 bridgehead atoms. The van der Waals surface area contributed by atoms with Gasteiger partial charge in [0.2, 0.25) is 0 Å². The molecule has 0 saturated carbocycles. The predicted molar refractivity (Wildman–Crippen MR) is 56.7 cm³/mol. The van der Waals surface area contributed by atoms with Crippen LogP contribution >= 0.6 is 15.9 Å². The molecule has 0 amide bonds. The quantitative estimate of drug-likeness (QED) is 0.554. The molecule has 1 N–H and O–H groups in total. The van der Waals surface area contributed by atoms with Gasteiger partial charge in [-0.2, -0.15) is 0 Å². The van der Waals surface area contributed by atoms with Gasteiger partial charge in [-0.3, -0.25) is 4.79 Å². The van der Waals surface area contributed by atoms with Gasteiger partial charge >= 0.3 is 5.97 Å². The van der Waals surface area contributed by atoms with Gasteiger partial charge in [-0.15, -0.1) is 0 Å². The third-order valence-corrected chi connectivity index (χ3v) is 2.04. The number of aliphatic carboxylic acids is 1. The van der Waals surface area contributed by atoms with Crippen molar-refractivity contribution in [2.75, 3.05) is 0 Å². The summed E-state index contributed by atoms with van der Waals surface area (Å²) in [4.78, 5) is 12.8. The summed E-state index contributed by atoms with van der Waals surface area (Å²) < 4.78 is 0. The molecule has 13 heavy (non-hydrogen) atoms. The number of carbonyl (C=O) groups is 1. The third kappa shape index (κ3) is 11.5. The van der Waals surface area contributed by atoms with Crippen molar-refractivity contribution in [3.8, 4) is 10.8 Å². The van der Waals surface area contributed by atoms with E-state index in [1.807, 2.05) is 0 Å². The second-order valence-corrected chi connectivity index (χ2v) is 3.33. The Bertz CT molecular complexity index is 191. The third-order valence-electron chi connectivity index (χ3n) is 1.76. The standard InChI is InChI=1S/C10H15BrO2/c11-9-7-5-3-1-2-4-6-8-10(12)13/h1-6,8H2,(H,12,13). The van der Waals surface area contributed by atoms with Gasteiger partial charge in [-0.25, -0.2) is 0 Å². The van der Waals surface area contributed by atoms with Gasteiger partial charge in [-0.1, -0.05) is 25.2 Å². The van der Waals surface area contributed by atoms with Gasteiger partial charge < -0.3 is 5.11 Å². The minimum Gasteiger partial charge on any atom is -0.481 e. The van der Waals surface area contributed by atoms with E-state index in [0.717, 1.165) is 38.5 Å². The van der Waals surface area contributed by atoms with Crippen LogP contribution in [0.4, 0.5) is 0 Å². The summed E-state index contributed by atoms with van der Waals surface area (Å²) >= 11 is 3.03. The summed E-state index contributed by atoms with van der Waals surface area (Å²) in [5.41, 5.74) is 0. The second-order valence-electron chi connectivity index (χ2n) is 2.93. The monoisotopic (exact) mass is 246 g/mol. The van der Waals surface area contributed by atoms with Crippen LogP contribution in [0.1, 0.15) is 44.9 Å². The molecule has 0 aliphatic carbocycles. The minimum absolute atomic E-state index is 0.307. The molecule has 0 aromatic rings. The Balaban J connectivity index is 2.98. The largest absolute Gasteiger partial charge is 0.481 e. The van der Waals surface area contributed by atoms with Crippen LogP contribution in [0.25, 0.3) is 0 Å². The zero-order chi connectivity index (χ0) is 9.94. The van der Waals surface area contributed by atoms with Gasteiger partial charge in [0.1, 0.15) is 0 Å². The van der Waals surface area contributed by atoms with Crippen LogP contribution in [0.15, 0.2) is 0 Å². The van der Waals surface area contributed by atoms with E-state index in [0.29, 0.717) is 6.42 Å². The first-order valence-electron chi connectivity index (χ1n) is 4.57. The summed E-state index contributed by atoms with van der Waals surface area (Å²) in [5, 5.41) is 8.36. The lowest BCUT2D eigenvalue weighted by Gasteiger charge is -1.96. The van der Waals surface area contributed by atoms with Crippen molar-refractivity contribution in [2.24, 2.45) is 0 Å². The zero-order valence-electron chi connectivity index (χ0n) is 7.68. The highest BCUT2D eigenvalue weighted by atomic mass is 79.9. The molecule has 0 saturated heterocycles. The summed E-state index contributed by atoms with van der Waals surface area (Å²) in [6.45, 7) is 0. The molecule has 0 radical (unpaired) electrons. The lowest BCUT2D eigenvalue weighted by Crippen LogP contribution is -1.93. The maximum absolute atomic E-state index is 10.1. The van der Waals surface area contributed by atoms with E-state index in [1.54, 1.807) is 0 Å². The molecule has 0 aromatic carbocycles. The van der Waals surface area contributed by atoms with Gasteiger partial charge in [-0.05, 0) is 17.7 Å². The van der Waals surface area contributed by atoms with E-state index >= 15 is 0 Å². The number of unbranched alkanes of at least 4 members (excludes halogenated alkanes) is 5. The average molecular weight is 247 g/mol. The smallest absolute Gasteiger partial charge is 0.303 e. The Morgan fingerprint density at radius 3 is 2.38 bits per heavy atom. The first-order valence-corrected chi connectivity index (χ1v) is 5.37. The molecule has 0 heterocycles. The van der Waals surface area contributed by atoms with Crippen molar-refractivity contribution < 1.29 is 9.90 Å². The SMILES string of the molecule is O=C(O)CCCCCCCC#CBr. The first-order chi connectivity index (χ1) is 6.27.